The van der Waals surface area contributed by atoms with Crippen LogP contribution < -0.4 is 0 Å². The average Bonchev–Trinajstić information content (AvgIpc) is 4.02. The van der Waals surface area contributed by atoms with E-state index in [4.69, 9.17) is 14.4 Å². The van der Waals surface area contributed by atoms with E-state index >= 15 is 0 Å². The monoisotopic (exact) mass is 741 g/mol. The summed E-state index contributed by atoms with van der Waals surface area (Å²) in [5.74, 6) is 2.26. The van der Waals surface area contributed by atoms with Crippen LogP contribution in [-0.2, 0) is 0 Å². The van der Waals surface area contributed by atoms with Crippen molar-refractivity contribution < 1.29 is 4.42 Å². The van der Waals surface area contributed by atoms with Gasteiger partial charge in [0.25, 0.3) is 0 Å². The first-order valence-corrected chi connectivity index (χ1v) is 19.6. The molecule has 0 atom stereocenters. The third kappa shape index (κ3) is 4.31. The quantitative estimate of drug-likeness (QED) is 0.180. The molecule has 0 radical (unpaired) electrons. The van der Waals surface area contributed by atoms with Gasteiger partial charge in [-0.05, 0) is 66.7 Å². The van der Waals surface area contributed by atoms with Crippen LogP contribution in [-0.4, -0.2) is 23.7 Å². The number of furan rings is 1. The topological polar surface area (TPSA) is 53.7 Å². The first-order valence-electron chi connectivity index (χ1n) is 19.6. The van der Waals surface area contributed by atoms with Crippen molar-refractivity contribution in [1.29, 1.82) is 0 Å². The fourth-order valence-corrected chi connectivity index (χ4v) is 9.43. The van der Waals surface area contributed by atoms with Gasteiger partial charge in [-0.25, -0.2) is 9.97 Å². The predicted molar refractivity (Wildman–Crippen MR) is 238 cm³/mol. The van der Waals surface area contributed by atoms with Crippen LogP contribution in [0, 0.1) is 0 Å². The van der Waals surface area contributed by atoms with Gasteiger partial charge in [-0.15, -0.1) is 0 Å². The molecule has 5 aromatic heterocycles. The van der Waals surface area contributed by atoms with Crippen LogP contribution in [0.15, 0.2) is 192 Å². The molecule has 0 saturated carbocycles. The van der Waals surface area contributed by atoms with E-state index in [9.17, 15) is 0 Å². The molecule has 0 amide bonds. The third-order valence-corrected chi connectivity index (χ3v) is 11.9. The standard InChI is InChI=1S/C52H31N5O/c1-8-21-41-33(14-1)34-15-2-9-22-42(34)56(41)49-31-50(57-43-23-10-3-16-35(43)36-17-4-11-24-44(36)57)54-52(53-49)32-28-29-45-39(30-32)37-18-5-7-20-40(37)55(45)46-25-13-27-48-51(46)38-19-6-12-26-47(38)58-48/h1-31H. The largest absolute Gasteiger partial charge is 0.456 e. The van der Waals surface area contributed by atoms with E-state index in [0.717, 1.165) is 88.7 Å². The highest BCUT2D eigenvalue weighted by Gasteiger charge is 2.21. The van der Waals surface area contributed by atoms with Crippen molar-refractivity contribution in [2.75, 3.05) is 0 Å². The lowest BCUT2D eigenvalue weighted by atomic mass is 10.1. The van der Waals surface area contributed by atoms with E-state index < -0.39 is 0 Å². The van der Waals surface area contributed by atoms with E-state index in [-0.39, 0.29) is 0 Å². The normalized spacial score (nSPS) is 12.1. The molecule has 0 unspecified atom stereocenters. The van der Waals surface area contributed by atoms with Gasteiger partial charge in [0.1, 0.15) is 22.8 Å². The summed E-state index contributed by atoms with van der Waals surface area (Å²) in [5.41, 5.74) is 10.4. The molecule has 8 aromatic carbocycles. The van der Waals surface area contributed by atoms with Gasteiger partial charge in [-0.1, -0.05) is 115 Å². The fraction of sp³-hybridized carbons (Fsp3) is 0. The number of hydrogen-bond donors (Lipinski definition) is 0. The Labute approximate surface area is 331 Å². The van der Waals surface area contributed by atoms with Crippen LogP contribution in [0.3, 0.4) is 0 Å². The van der Waals surface area contributed by atoms with Crippen molar-refractivity contribution in [2.45, 2.75) is 0 Å². The lowest BCUT2D eigenvalue weighted by molar-refractivity contribution is 0.669. The van der Waals surface area contributed by atoms with Gasteiger partial charge in [0.05, 0.1) is 44.2 Å². The van der Waals surface area contributed by atoms with Crippen molar-refractivity contribution in [2.24, 2.45) is 0 Å². The molecule has 13 rings (SSSR count). The van der Waals surface area contributed by atoms with Crippen molar-refractivity contribution >= 4 is 87.4 Å². The van der Waals surface area contributed by atoms with Crippen LogP contribution in [0.1, 0.15) is 0 Å². The molecule has 0 N–H and O–H groups in total. The van der Waals surface area contributed by atoms with Crippen molar-refractivity contribution in [1.82, 2.24) is 23.7 Å². The van der Waals surface area contributed by atoms with Crippen molar-refractivity contribution in [3.8, 4) is 28.7 Å². The van der Waals surface area contributed by atoms with Crippen molar-refractivity contribution in [3.63, 3.8) is 0 Å². The Kier molecular flexibility index (Phi) is 6.35. The molecule has 0 aliphatic carbocycles. The molecule has 270 valence electrons. The number of para-hydroxylation sites is 6. The maximum atomic E-state index is 6.35. The smallest absolute Gasteiger partial charge is 0.163 e. The van der Waals surface area contributed by atoms with E-state index in [1.54, 1.807) is 0 Å². The Morgan fingerprint density at radius 3 is 1.31 bits per heavy atom. The molecule has 13 aromatic rings. The fourth-order valence-electron chi connectivity index (χ4n) is 9.43. The third-order valence-electron chi connectivity index (χ3n) is 11.9. The van der Waals surface area contributed by atoms with E-state index in [1.807, 2.05) is 12.1 Å². The molecule has 6 nitrogen and oxygen atoms in total. The van der Waals surface area contributed by atoms with Crippen LogP contribution in [0.4, 0.5) is 0 Å². The minimum atomic E-state index is 0.651. The molecule has 0 aliphatic heterocycles. The highest BCUT2D eigenvalue weighted by molar-refractivity contribution is 6.15. The Morgan fingerprint density at radius 2 is 0.759 bits per heavy atom. The zero-order chi connectivity index (χ0) is 37.9. The maximum absolute atomic E-state index is 6.35. The van der Waals surface area contributed by atoms with Gasteiger partial charge in [0, 0.05) is 49.3 Å². The second-order valence-corrected chi connectivity index (χ2v) is 15.0. The van der Waals surface area contributed by atoms with Gasteiger partial charge < -0.3 is 8.98 Å². The van der Waals surface area contributed by atoms with E-state index in [1.165, 1.54) is 21.5 Å². The van der Waals surface area contributed by atoms with E-state index in [0.29, 0.717) is 5.82 Å². The molecule has 5 heterocycles. The van der Waals surface area contributed by atoms with Crippen LogP contribution in [0.25, 0.3) is 116 Å². The number of nitrogens with zero attached hydrogens (tertiary/aromatic N) is 5. The average molecular weight is 742 g/mol. The summed E-state index contributed by atoms with van der Waals surface area (Å²) in [6.45, 7) is 0. The molecule has 0 aliphatic rings. The summed E-state index contributed by atoms with van der Waals surface area (Å²) in [6.07, 6.45) is 0. The highest BCUT2D eigenvalue weighted by atomic mass is 16.3. The summed E-state index contributed by atoms with van der Waals surface area (Å²) in [4.78, 5) is 10.9. The number of aromatic nitrogens is 5. The second kappa shape index (κ2) is 11.8. The second-order valence-electron chi connectivity index (χ2n) is 15.0. The van der Waals surface area contributed by atoms with Gasteiger partial charge in [0.15, 0.2) is 5.82 Å². The first-order chi connectivity index (χ1) is 28.8. The van der Waals surface area contributed by atoms with Gasteiger partial charge >= 0.3 is 0 Å². The molecule has 6 heteroatoms. The molecule has 0 fully saturated rings. The lowest BCUT2D eigenvalue weighted by Gasteiger charge is -2.14. The molecular weight excluding hydrogens is 711 g/mol. The van der Waals surface area contributed by atoms with Crippen molar-refractivity contribution in [3.05, 3.63) is 188 Å². The summed E-state index contributed by atoms with van der Waals surface area (Å²) in [7, 11) is 0. The minimum Gasteiger partial charge on any atom is -0.456 e. The molecular formula is C52H31N5O. The molecule has 0 bridgehead atoms. The highest BCUT2D eigenvalue weighted by Crippen LogP contribution is 2.41. The minimum absolute atomic E-state index is 0.651. The number of benzene rings is 8. The number of rotatable bonds is 4. The molecule has 0 saturated heterocycles. The van der Waals surface area contributed by atoms with Crippen LogP contribution >= 0.6 is 0 Å². The molecule has 58 heavy (non-hydrogen) atoms. The summed E-state index contributed by atoms with van der Waals surface area (Å²) in [5, 5.41) is 9.23. The zero-order valence-electron chi connectivity index (χ0n) is 31.0. The number of fused-ring (bicyclic) bond motifs is 12. The molecule has 0 spiro atoms. The summed E-state index contributed by atoms with van der Waals surface area (Å²) >= 11 is 0. The van der Waals surface area contributed by atoms with Crippen LogP contribution in [0.2, 0.25) is 0 Å². The van der Waals surface area contributed by atoms with E-state index in [2.05, 4.69) is 190 Å². The maximum Gasteiger partial charge on any atom is 0.163 e. The summed E-state index contributed by atoms with van der Waals surface area (Å²) < 4.78 is 13.3. The Hall–Kier alpha value is -7.96. The summed E-state index contributed by atoms with van der Waals surface area (Å²) in [6, 6.07) is 66.4. The first kappa shape index (κ1) is 31.3. The Balaban J connectivity index is 1.10. The lowest BCUT2D eigenvalue weighted by Crippen LogP contribution is -2.06. The van der Waals surface area contributed by atoms with Gasteiger partial charge in [-0.2, -0.15) is 0 Å². The van der Waals surface area contributed by atoms with Gasteiger partial charge in [0.2, 0.25) is 0 Å². The Bertz CT molecular complexity index is 3580. The van der Waals surface area contributed by atoms with Gasteiger partial charge in [-0.3, -0.25) is 9.13 Å². The zero-order valence-corrected chi connectivity index (χ0v) is 31.0. The SMILES string of the molecule is c1ccc2c(c1)oc1cccc(-n3c4ccccc4c4cc(-c5nc(-n6c7ccccc7c7ccccc76)cc(-n6c7ccccc7c7ccccc76)n5)ccc43)c12. The van der Waals surface area contributed by atoms with Crippen LogP contribution in [0.5, 0.6) is 0 Å². The Morgan fingerprint density at radius 1 is 0.328 bits per heavy atom. The number of hydrogen-bond acceptors (Lipinski definition) is 3. The predicted octanol–water partition coefficient (Wildman–Crippen LogP) is 13.3.